The number of methoxy groups -OCH3 is 1. The number of carbonyl (C=O) groups excluding carboxylic acids is 1. The van der Waals surface area contributed by atoms with Crippen LogP contribution in [0.2, 0.25) is 0 Å². The van der Waals surface area contributed by atoms with Crippen molar-refractivity contribution in [2.75, 3.05) is 7.11 Å². The van der Waals surface area contributed by atoms with Crippen LogP contribution < -0.4 is 0 Å². The quantitative estimate of drug-likeness (QED) is 0.353. The van der Waals surface area contributed by atoms with E-state index in [0.717, 1.165) is 6.08 Å². The molecule has 0 bridgehead atoms. The second-order valence-electron chi connectivity index (χ2n) is 2.98. The van der Waals surface area contributed by atoms with Crippen LogP contribution in [0.15, 0.2) is 24.3 Å². The fourth-order valence-corrected chi connectivity index (χ4v) is 1.15. The second kappa shape index (κ2) is 3.72. The van der Waals surface area contributed by atoms with E-state index in [4.69, 9.17) is 5.11 Å². The predicted molar refractivity (Wildman–Crippen MR) is 45.9 cm³/mol. The van der Waals surface area contributed by atoms with Crippen LogP contribution >= 0.6 is 0 Å². The summed E-state index contributed by atoms with van der Waals surface area (Å²) in [6.07, 6.45) is 4.93. The molecule has 4 nitrogen and oxygen atoms in total. The Morgan fingerprint density at radius 2 is 2.46 bits per heavy atom. The molecule has 1 rings (SSSR count). The van der Waals surface area contributed by atoms with Gasteiger partial charge in [-0.05, 0) is 6.08 Å². The van der Waals surface area contributed by atoms with E-state index in [1.807, 2.05) is 0 Å². The summed E-state index contributed by atoms with van der Waals surface area (Å²) in [4.78, 5) is 10.7. The van der Waals surface area contributed by atoms with Crippen molar-refractivity contribution in [3.63, 3.8) is 0 Å². The maximum atomic E-state index is 10.7. The molecule has 2 unspecified atom stereocenters. The van der Waals surface area contributed by atoms with Gasteiger partial charge in [-0.15, -0.1) is 0 Å². The highest BCUT2D eigenvalue weighted by molar-refractivity contribution is 5.82. The Kier molecular flexibility index (Phi) is 2.85. The summed E-state index contributed by atoms with van der Waals surface area (Å²) in [5.74, 6) is -0.525. The monoisotopic (exact) mass is 184 g/mol. The molecule has 0 radical (unpaired) electrons. The van der Waals surface area contributed by atoms with Gasteiger partial charge >= 0.3 is 5.97 Å². The Labute approximate surface area is 76.1 Å². The molecule has 0 aromatic carbocycles. The third kappa shape index (κ3) is 2.68. The number of hydrogen-bond donors (Lipinski definition) is 2. The topological polar surface area (TPSA) is 66.8 Å². The van der Waals surface area contributed by atoms with Crippen LogP contribution in [0.5, 0.6) is 0 Å². The van der Waals surface area contributed by atoms with Gasteiger partial charge in [0.15, 0.2) is 0 Å². The molecular weight excluding hydrogens is 172 g/mol. The zero-order valence-electron chi connectivity index (χ0n) is 7.30. The lowest BCUT2D eigenvalue weighted by molar-refractivity contribution is -0.134. The van der Waals surface area contributed by atoms with Crippen molar-refractivity contribution in [2.45, 2.75) is 18.1 Å². The van der Waals surface area contributed by atoms with E-state index in [0.29, 0.717) is 0 Å². The first-order valence-corrected chi connectivity index (χ1v) is 3.93. The molecule has 0 amide bonds. The van der Waals surface area contributed by atoms with E-state index in [9.17, 15) is 9.90 Å². The molecule has 13 heavy (non-hydrogen) atoms. The molecular formula is C9H12O4. The number of esters is 1. The SMILES string of the molecule is COC(=O)/C=C/C1(O)C=CC(O)C1. The number of rotatable bonds is 2. The number of ether oxygens (including phenoxy) is 1. The summed E-state index contributed by atoms with van der Waals surface area (Å²) in [6.45, 7) is 0. The third-order valence-corrected chi connectivity index (χ3v) is 1.85. The van der Waals surface area contributed by atoms with E-state index in [1.54, 1.807) is 0 Å². The Bertz CT molecular complexity index is 256. The van der Waals surface area contributed by atoms with Crippen molar-refractivity contribution in [1.29, 1.82) is 0 Å². The third-order valence-electron chi connectivity index (χ3n) is 1.85. The average Bonchev–Trinajstić information content (AvgIpc) is 2.43. The van der Waals surface area contributed by atoms with Crippen LogP contribution in [-0.2, 0) is 9.53 Å². The highest BCUT2D eigenvalue weighted by atomic mass is 16.5. The number of aliphatic hydroxyl groups excluding tert-OH is 1. The first-order chi connectivity index (χ1) is 6.06. The molecule has 0 aromatic heterocycles. The fourth-order valence-electron chi connectivity index (χ4n) is 1.15. The van der Waals surface area contributed by atoms with Gasteiger partial charge in [-0.3, -0.25) is 0 Å². The average molecular weight is 184 g/mol. The molecule has 0 saturated carbocycles. The van der Waals surface area contributed by atoms with Crippen molar-refractivity contribution in [3.8, 4) is 0 Å². The van der Waals surface area contributed by atoms with Crippen molar-refractivity contribution in [2.24, 2.45) is 0 Å². The molecule has 2 atom stereocenters. The number of aliphatic hydroxyl groups is 2. The Morgan fingerprint density at radius 1 is 1.77 bits per heavy atom. The summed E-state index contributed by atoms with van der Waals surface area (Å²) in [5.41, 5.74) is -1.21. The Morgan fingerprint density at radius 3 is 2.92 bits per heavy atom. The van der Waals surface area contributed by atoms with Gasteiger partial charge in [0.05, 0.1) is 13.2 Å². The minimum Gasteiger partial charge on any atom is -0.466 e. The summed E-state index contributed by atoms with van der Waals surface area (Å²) in [6, 6.07) is 0. The van der Waals surface area contributed by atoms with Crippen LogP contribution in [-0.4, -0.2) is 35.0 Å². The summed E-state index contributed by atoms with van der Waals surface area (Å²) in [5, 5.41) is 18.8. The fraction of sp³-hybridized carbons (Fsp3) is 0.444. The van der Waals surface area contributed by atoms with E-state index < -0.39 is 17.7 Å². The molecule has 4 heteroatoms. The van der Waals surface area contributed by atoms with Crippen molar-refractivity contribution >= 4 is 5.97 Å². The summed E-state index contributed by atoms with van der Waals surface area (Å²) in [7, 11) is 1.26. The van der Waals surface area contributed by atoms with Crippen LogP contribution in [0.3, 0.4) is 0 Å². The van der Waals surface area contributed by atoms with E-state index >= 15 is 0 Å². The molecule has 0 heterocycles. The zero-order valence-corrected chi connectivity index (χ0v) is 7.30. The van der Waals surface area contributed by atoms with Gasteiger partial charge < -0.3 is 14.9 Å². The number of hydrogen-bond acceptors (Lipinski definition) is 4. The highest BCUT2D eigenvalue weighted by Crippen LogP contribution is 2.23. The molecule has 0 aromatic rings. The van der Waals surface area contributed by atoms with Crippen LogP contribution in [0, 0.1) is 0 Å². The lowest BCUT2D eigenvalue weighted by Gasteiger charge is -2.15. The largest absolute Gasteiger partial charge is 0.466 e. The van der Waals surface area contributed by atoms with Crippen molar-refractivity contribution < 1.29 is 19.7 Å². The lowest BCUT2D eigenvalue weighted by Crippen LogP contribution is -2.22. The first-order valence-electron chi connectivity index (χ1n) is 3.93. The van der Waals surface area contributed by atoms with E-state index in [-0.39, 0.29) is 6.42 Å². The molecule has 0 spiro atoms. The smallest absolute Gasteiger partial charge is 0.330 e. The van der Waals surface area contributed by atoms with Crippen molar-refractivity contribution in [1.82, 2.24) is 0 Å². The van der Waals surface area contributed by atoms with Gasteiger partial charge in [0.2, 0.25) is 0 Å². The van der Waals surface area contributed by atoms with Crippen LogP contribution in [0.4, 0.5) is 0 Å². The summed E-state index contributed by atoms with van der Waals surface area (Å²) < 4.78 is 4.36. The molecule has 0 saturated heterocycles. The summed E-state index contributed by atoms with van der Waals surface area (Å²) >= 11 is 0. The highest BCUT2D eigenvalue weighted by Gasteiger charge is 2.28. The maximum Gasteiger partial charge on any atom is 0.330 e. The molecule has 1 aliphatic rings. The van der Waals surface area contributed by atoms with Gasteiger partial charge in [-0.1, -0.05) is 12.2 Å². The van der Waals surface area contributed by atoms with Gasteiger partial charge in [-0.25, -0.2) is 4.79 Å². The van der Waals surface area contributed by atoms with Crippen LogP contribution in [0.25, 0.3) is 0 Å². The molecule has 1 aliphatic carbocycles. The first kappa shape index (κ1) is 9.95. The Hall–Kier alpha value is -1.13. The van der Waals surface area contributed by atoms with Gasteiger partial charge in [-0.2, -0.15) is 0 Å². The molecule has 72 valence electrons. The van der Waals surface area contributed by atoms with Crippen LogP contribution in [0.1, 0.15) is 6.42 Å². The van der Waals surface area contributed by atoms with Crippen molar-refractivity contribution in [3.05, 3.63) is 24.3 Å². The maximum absolute atomic E-state index is 10.7. The molecule has 0 aliphatic heterocycles. The predicted octanol–water partition coefficient (Wildman–Crippen LogP) is -0.233. The minimum absolute atomic E-state index is 0.181. The van der Waals surface area contributed by atoms with Gasteiger partial charge in [0.25, 0.3) is 0 Å². The normalized spacial score (nSPS) is 32.7. The van der Waals surface area contributed by atoms with E-state index in [1.165, 1.54) is 25.3 Å². The zero-order chi connectivity index (χ0) is 9.90. The van der Waals surface area contributed by atoms with E-state index in [2.05, 4.69) is 4.74 Å². The minimum atomic E-state index is -1.21. The lowest BCUT2D eigenvalue weighted by atomic mass is 10.0. The van der Waals surface area contributed by atoms with Gasteiger partial charge in [0.1, 0.15) is 5.60 Å². The molecule has 2 N–H and O–H groups in total. The molecule has 0 fully saturated rings. The Balaban J connectivity index is 2.59. The van der Waals surface area contributed by atoms with Gasteiger partial charge in [0, 0.05) is 12.5 Å². The standard InChI is InChI=1S/C9H12O4/c1-13-8(11)3-5-9(12)4-2-7(10)6-9/h2-5,7,10,12H,6H2,1H3/b5-3+. The second-order valence-corrected chi connectivity index (χ2v) is 2.98. The number of carbonyl (C=O) groups is 1.